The van der Waals surface area contributed by atoms with Crippen LogP contribution in [0.5, 0.6) is 0 Å². The Morgan fingerprint density at radius 3 is 2.28 bits per heavy atom. The highest BCUT2D eigenvalue weighted by molar-refractivity contribution is 6.04. The highest BCUT2D eigenvalue weighted by Crippen LogP contribution is 2.40. The predicted molar refractivity (Wildman–Crippen MR) is 108 cm³/mol. The van der Waals surface area contributed by atoms with Crippen LogP contribution in [-0.4, -0.2) is 41.0 Å². The van der Waals surface area contributed by atoms with Gasteiger partial charge in [0, 0.05) is 36.2 Å². The predicted octanol–water partition coefficient (Wildman–Crippen LogP) is 3.85. The zero-order valence-electron chi connectivity index (χ0n) is 17.2. The molecule has 2 aromatic carbocycles. The molecule has 2 N–H and O–H groups in total. The highest BCUT2D eigenvalue weighted by Gasteiger charge is 2.50. The van der Waals surface area contributed by atoms with Crippen molar-refractivity contribution in [3.05, 3.63) is 64.7 Å². The van der Waals surface area contributed by atoms with Crippen molar-refractivity contribution in [2.75, 3.05) is 18.4 Å². The summed E-state index contributed by atoms with van der Waals surface area (Å²) in [6.07, 6.45) is 0.675. The Labute approximate surface area is 182 Å². The van der Waals surface area contributed by atoms with Crippen molar-refractivity contribution in [3.8, 4) is 0 Å². The molecule has 2 fully saturated rings. The standard InChI is InChI=1S/C23H22F4N2O3/c1-12-8-16(5-7-18(12)24)28-21(31)13-4-6-19(25)17(9-13)23(26,27)22(32)29-10-14-2-3-15(11-29)20(14)30/h4-9,14-15,20,30H,2-3,10-11H2,1H3,(H,28,31)/t14-,15+,20+. The molecule has 1 heterocycles. The minimum absolute atomic E-state index is 0.0161. The number of amides is 2. The molecule has 0 unspecified atom stereocenters. The number of rotatable bonds is 4. The van der Waals surface area contributed by atoms with Crippen LogP contribution in [0.25, 0.3) is 0 Å². The molecular formula is C23H22F4N2O3. The number of anilines is 1. The van der Waals surface area contributed by atoms with E-state index in [1.54, 1.807) is 0 Å². The van der Waals surface area contributed by atoms with Gasteiger partial charge in [0.25, 0.3) is 11.8 Å². The van der Waals surface area contributed by atoms with E-state index in [0.29, 0.717) is 25.0 Å². The van der Waals surface area contributed by atoms with Crippen LogP contribution in [0.2, 0.25) is 0 Å². The monoisotopic (exact) mass is 450 g/mol. The molecule has 5 nitrogen and oxygen atoms in total. The lowest BCUT2D eigenvalue weighted by atomic mass is 9.94. The molecular weight excluding hydrogens is 428 g/mol. The summed E-state index contributed by atoms with van der Waals surface area (Å²) in [6, 6.07) is 6.23. The van der Waals surface area contributed by atoms with Crippen LogP contribution in [0.4, 0.5) is 23.2 Å². The molecule has 1 saturated heterocycles. The number of carbonyl (C=O) groups is 2. The number of nitrogens with zero attached hydrogens (tertiary/aromatic N) is 1. The van der Waals surface area contributed by atoms with Crippen molar-refractivity contribution in [3.63, 3.8) is 0 Å². The number of piperidine rings is 1. The second-order valence-corrected chi connectivity index (χ2v) is 8.49. The van der Waals surface area contributed by atoms with Crippen LogP contribution in [0.1, 0.15) is 34.3 Å². The highest BCUT2D eigenvalue weighted by atomic mass is 19.3. The van der Waals surface area contributed by atoms with Gasteiger partial charge < -0.3 is 15.3 Å². The zero-order chi connectivity index (χ0) is 23.2. The fourth-order valence-electron chi connectivity index (χ4n) is 4.51. The second-order valence-electron chi connectivity index (χ2n) is 8.49. The van der Waals surface area contributed by atoms with Crippen LogP contribution < -0.4 is 5.32 Å². The van der Waals surface area contributed by atoms with E-state index >= 15 is 8.78 Å². The molecule has 0 radical (unpaired) electrons. The molecule has 2 aromatic rings. The second kappa shape index (κ2) is 8.20. The van der Waals surface area contributed by atoms with Crippen LogP contribution in [0.15, 0.2) is 36.4 Å². The van der Waals surface area contributed by atoms with Crippen molar-refractivity contribution >= 4 is 17.5 Å². The Morgan fingerprint density at radius 1 is 1.03 bits per heavy atom. The summed E-state index contributed by atoms with van der Waals surface area (Å²) >= 11 is 0. The number of benzene rings is 2. The van der Waals surface area contributed by atoms with Crippen LogP contribution >= 0.6 is 0 Å². The molecule has 0 spiro atoms. The Morgan fingerprint density at radius 2 is 1.66 bits per heavy atom. The first kappa shape index (κ1) is 22.3. The van der Waals surface area contributed by atoms with E-state index in [1.165, 1.54) is 19.1 Å². The number of alkyl halides is 2. The van der Waals surface area contributed by atoms with E-state index in [1.807, 2.05) is 0 Å². The molecule has 2 amide bonds. The number of aliphatic hydroxyl groups excluding tert-OH is 1. The Balaban J connectivity index is 1.56. The van der Waals surface area contributed by atoms with Crippen LogP contribution in [0, 0.1) is 30.4 Å². The maximum atomic E-state index is 15.1. The zero-order valence-corrected chi connectivity index (χ0v) is 17.2. The fourth-order valence-corrected chi connectivity index (χ4v) is 4.51. The molecule has 4 rings (SSSR count). The van der Waals surface area contributed by atoms with Gasteiger partial charge in [-0.25, -0.2) is 8.78 Å². The average Bonchev–Trinajstić information content (AvgIpc) is 2.96. The molecule has 3 atom stereocenters. The molecule has 2 bridgehead atoms. The number of hydrogen-bond donors (Lipinski definition) is 2. The Hall–Kier alpha value is -2.94. The smallest absolute Gasteiger partial charge is 0.352 e. The van der Waals surface area contributed by atoms with E-state index in [2.05, 4.69) is 5.32 Å². The number of fused-ring (bicyclic) bond motifs is 2. The van der Waals surface area contributed by atoms with E-state index in [9.17, 15) is 23.5 Å². The summed E-state index contributed by atoms with van der Waals surface area (Å²) < 4.78 is 57.9. The molecule has 2 aliphatic rings. The normalized spacial score (nSPS) is 22.7. The van der Waals surface area contributed by atoms with Gasteiger partial charge in [-0.2, -0.15) is 8.78 Å². The molecule has 170 valence electrons. The van der Waals surface area contributed by atoms with Crippen molar-refractivity contribution in [1.82, 2.24) is 4.90 Å². The molecule has 1 aliphatic heterocycles. The topological polar surface area (TPSA) is 69.6 Å². The lowest BCUT2D eigenvalue weighted by Gasteiger charge is -2.37. The maximum absolute atomic E-state index is 15.1. The number of halogens is 4. The maximum Gasteiger partial charge on any atom is 0.352 e. The summed E-state index contributed by atoms with van der Waals surface area (Å²) in [4.78, 5) is 26.1. The first-order valence-corrected chi connectivity index (χ1v) is 10.3. The number of likely N-dealkylation sites (tertiary alicyclic amines) is 1. The van der Waals surface area contributed by atoms with Crippen molar-refractivity contribution in [2.24, 2.45) is 11.8 Å². The Kier molecular flexibility index (Phi) is 5.70. The van der Waals surface area contributed by atoms with Gasteiger partial charge in [0.05, 0.1) is 11.7 Å². The van der Waals surface area contributed by atoms with Gasteiger partial charge in [-0.15, -0.1) is 0 Å². The van der Waals surface area contributed by atoms with Crippen molar-refractivity contribution < 1.29 is 32.3 Å². The third-order valence-corrected chi connectivity index (χ3v) is 6.32. The van der Waals surface area contributed by atoms with Crippen molar-refractivity contribution in [1.29, 1.82) is 0 Å². The molecule has 0 aromatic heterocycles. The molecule has 1 saturated carbocycles. The van der Waals surface area contributed by atoms with Crippen LogP contribution in [0.3, 0.4) is 0 Å². The van der Waals surface area contributed by atoms with Gasteiger partial charge in [0.15, 0.2) is 0 Å². The van der Waals surface area contributed by atoms with E-state index in [0.717, 1.165) is 17.0 Å². The quantitative estimate of drug-likeness (QED) is 0.696. The molecule has 9 heteroatoms. The van der Waals surface area contributed by atoms with Gasteiger partial charge in [-0.1, -0.05) is 0 Å². The average molecular weight is 450 g/mol. The summed E-state index contributed by atoms with van der Waals surface area (Å²) in [5.74, 6) is -8.86. The van der Waals surface area contributed by atoms with E-state index in [4.69, 9.17) is 0 Å². The number of aliphatic hydroxyl groups is 1. The van der Waals surface area contributed by atoms with Gasteiger partial charge in [0.2, 0.25) is 0 Å². The number of carbonyl (C=O) groups excluding carboxylic acids is 2. The largest absolute Gasteiger partial charge is 0.392 e. The van der Waals surface area contributed by atoms with Crippen LogP contribution in [-0.2, 0) is 10.7 Å². The molecule has 1 aliphatic carbocycles. The van der Waals surface area contributed by atoms with Gasteiger partial charge in [-0.3, -0.25) is 9.59 Å². The summed E-state index contributed by atoms with van der Waals surface area (Å²) in [6.45, 7) is 1.47. The first-order chi connectivity index (χ1) is 15.1. The lowest BCUT2D eigenvalue weighted by Crippen LogP contribution is -2.51. The molecule has 32 heavy (non-hydrogen) atoms. The first-order valence-electron chi connectivity index (χ1n) is 10.3. The summed E-state index contributed by atoms with van der Waals surface area (Å²) in [5, 5.41) is 12.5. The van der Waals surface area contributed by atoms with Gasteiger partial charge >= 0.3 is 5.92 Å². The third kappa shape index (κ3) is 3.97. The number of aryl methyl sites for hydroxylation is 1. The number of nitrogens with one attached hydrogen (secondary N) is 1. The van der Waals surface area contributed by atoms with Gasteiger partial charge in [0.1, 0.15) is 11.6 Å². The minimum atomic E-state index is -4.19. The minimum Gasteiger partial charge on any atom is -0.392 e. The number of hydrogen-bond acceptors (Lipinski definition) is 3. The fraction of sp³-hybridized carbons (Fsp3) is 0.391. The van der Waals surface area contributed by atoms with Crippen molar-refractivity contribution in [2.45, 2.75) is 31.8 Å². The lowest BCUT2D eigenvalue weighted by molar-refractivity contribution is -0.163. The van der Waals surface area contributed by atoms with Gasteiger partial charge in [-0.05, 0) is 61.7 Å². The van der Waals surface area contributed by atoms with E-state index < -0.39 is 41.0 Å². The van der Waals surface area contributed by atoms with E-state index in [-0.39, 0.29) is 41.7 Å². The summed E-state index contributed by atoms with van der Waals surface area (Å²) in [5.41, 5.74) is -0.945. The Bertz CT molecular complexity index is 1060. The summed E-state index contributed by atoms with van der Waals surface area (Å²) in [7, 11) is 0. The third-order valence-electron chi connectivity index (χ3n) is 6.32. The SMILES string of the molecule is Cc1cc(NC(=O)c2ccc(F)c(C(F)(F)C(=O)N3C[C@H]4CC[C@@H](C3)[C@H]4O)c2)ccc1F.